The van der Waals surface area contributed by atoms with E-state index in [1.165, 1.54) is 0 Å². The maximum absolute atomic E-state index is 8.87. The van der Waals surface area contributed by atoms with Crippen LogP contribution in [-0.2, 0) is 0 Å². The molecule has 4 nitrogen and oxygen atoms in total. The maximum atomic E-state index is 8.87. The van der Waals surface area contributed by atoms with Crippen molar-refractivity contribution in [2.24, 2.45) is 5.73 Å². The first-order valence-corrected chi connectivity index (χ1v) is 2.99. The van der Waals surface area contributed by atoms with Crippen molar-refractivity contribution >= 4 is 0 Å². The van der Waals surface area contributed by atoms with Crippen molar-refractivity contribution < 1.29 is 10.2 Å². The fourth-order valence-corrected chi connectivity index (χ4v) is 0.520. The molecule has 0 saturated carbocycles. The lowest BCUT2D eigenvalue weighted by Gasteiger charge is -2.12. The molecule has 0 aromatic heterocycles. The van der Waals surface area contributed by atoms with Gasteiger partial charge in [-0.3, -0.25) is 5.32 Å². The zero-order chi connectivity index (χ0) is 7.28. The van der Waals surface area contributed by atoms with Crippen molar-refractivity contribution in [1.82, 2.24) is 5.32 Å². The van der Waals surface area contributed by atoms with Gasteiger partial charge in [0, 0.05) is 0 Å². The summed E-state index contributed by atoms with van der Waals surface area (Å²) in [6.07, 6.45) is -0.896. The molecule has 0 rings (SSSR count). The van der Waals surface area contributed by atoms with Crippen LogP contribution in [-0.4, -0.2) is 29.2 Å². The second-order valence-corrected chi connectivity index (χ2v) is 1.94. The van der Waals surface area contributed by atoms with Crippen LogP contribution in [0, 0.1) is 0 Å². The highest BCUT2D eigenvalue weighted by atomic mass is 16.3. The molecular formula is C5H14N2O2. The lowest BCUT2D eigenvalue weighted by Crippen LogP contribution is -2.37. The molecule has 0 saturated heterocycles. The Morgan fingerprint density at radius 1 is 1.56 bits per heavy atom. The highest BCUT2D eigenvalue weighted by molar-refractivity contribution is 4.53. The number of rotatable bonds is 4. The molecule has 0 aromatic rings. The van der Waals surface area contributed by atoms with E-state index in [4.69, 9.17) is 15.9 Å². The van der Waals surface area contributed by atoms with Gasteiger partial charge in [0.1, 0.15) is 12.5 Å². The Balaban J connectivity index is 3.15. The highest BCUT2D eigenvalue weighted by Crippen LogP contribution is 1.84. The maximum Gasteiger partial charge on any atom is 0.108 e. The van der Waals surface area contributed by atoms with Crippen LogP contribution in [0.1, 0.15) is 13.3 Å². The summed E-state index contributed by atoms with van der Waals surface area (Å²) < 4.78 is 0. The predicted octanol–water partition coefficient (Wildman–Crippen LogP) is -1.42. The summed E-state index contributed by atoms with van der Waals surface area (Å²) in [5.74, 6) is 0. The van der Waals surface area contributed by atoms with Crippen molar-refractivity contribution in [2.45, 2.75) is 25.8 Å². The fraction of sp³-hybridized carbons (Fsp3) is 1.00. The van der Waals surface area contributed by atoms with Crippen LogP contribution in [0.15, 0.2) is 0 Å². The molecule has 4 heteroatoms. The van der Waals surface area contributed by atoms with E-state index in [9.17, 15) is 0 Å². The van der Waals surface area contributed by atoms with E-state index in [-0.39, 0.29) is 0 Å². The van der Waals surface area contributed by atoms with Crippen LogP contribution < -0.4 is 11.1 Å². The van der Waals surface area contributed by atoms with Crippen LogP contribution >= 0.6 is 0 Å². The van der Waals surface area contributed by atoms with Gasteiger partial charge < -0.3 is 15.9 Å². The zero-order valence-electron chi connectivity index (χ0n) is 5.54. The Kier molecular flexibility index (Phi) is 4.61. The van der Waals surface area contributed by atoms with Gasteiger partial charge in [-0.1, -0.05) is 0 Å². The Morgan fingerprint density at radius 3 is 2.44 bits per heavy atom. The molecule has 0 spiro atoms. The van der Waals surface area contributed by atoms with Gasteiger partial charge in [0.2, 0.25) is 0 Å². The second-order valence-electron chi connectivity index (χ2n) is 1.94. The molecule has 0 bridgehead atoms. The lowest BCUT2D eigenvalue weighted by atomic mass is 10.4. The summed E-state index contributed by atoms with van der Waals surface area (Å²) in [5, 5.41) is 20.0. The predicted molar refractivity (Wildman–Crippen MR) is 34.5 cm³/mol. The van der Waals surface area contributed by atoms with Gasteiger partial charge in [-0.15, -0.1) is 0 Å². The molecule has 2 unspecified atom stereocenters. The van der Waals surface area contributed by atoms with Crippen molar-refractivity contribution in [3.63, 3.8) is 0 Å². The number of nitrogens with two attached hydrogens (primary N) is 1. The van der Waals surface area contributed by atoms with Gasteiger partial charge in [0.25, 0.3) is 0 Å². The van der Waals surface area contributed by atoms with Gasteiger partial charge in [0.05, 0.1) is 0 Å². The largest absolute Gasteiger partial charge is 0.379 e. The van der Waals surface area contributed by atoms with E-state index in [1.54, 1.807) is 6.92 Å². The molecular weight excluding hydrogens is 120 g/mol. The number of aliphatic hydroxyl groups excluding tert-OH is 2. The van der Waals surface area contributed by atoms with E-state index in [1.807, 2.05) is 0 Å². The van der Waals surface area contributed by atoms with Crippen molar-refractivity contribution in [3.8, 4) is 0 Å². The monoisotopic (exact) mass is 134 g/mol. The number of hydrogen-bond acceptors (Lipinski definition) is 4. The average molecular weight is 134 g/mol. The average Bonchev–Trinajstić information content (AvgIpc) is 1.63. The number of aliphatic hydroxyl groups is 2. The third-order valence-corrected chi connectivity index (χ3v) is 0.874. The summed E-state index contributed by atoms with van der Waals surface area (Å²) in [6.45, 7) is 1.96. The van der Waals surface area contributed by atoms with E-state index in [0.29, 0.717) is 13.0 Å². The van der Waals surface area contributed by atoms with Crippen molar-refractivity contribution in [1.29, 1.82) is 0 Å². The molecule has 0 radical (unpaired) electrons. The van der Waals surface area contributed by atoms with E-state index in [2.05, 4.69) is 5.32 Å². The van der Waals surface area contributed by atoms with Crippen LogP contribution in [0.5, 0.6) is 0 Å². The summed E-state index contributed by atoms with van der Waals surface area (Å²) >= 11 is 0. The van der Waals surface area contributed by atoms with Crippen LogP contribution in [0.2, 0.25) is 0 Å². The first-order chi connectivity index (χ1) is 4.16. The Hall–Kier alpha value is -0.160. The lowest BCUT2D eigenvalue weighted by molar-refractivity contribution is 0.0490. The molecule has 0 heterocycles. The Morgan fingerprint density at radius 2 is 2.11 bits per heavy atom. The summed E-state index contributed by atoms with van der Waals surface area (Å²) in [6, 6.07) is 0. The van der Waals surface area contributed by atoms with E-state index >= 15 is 0 Å². The first-order valence-electron chi connectivity index (χ1n) is 2.99. The van der Waals surface area contributed by atoms with Gasteiger partial charge in [-0.05, 0) is 19.9 Å². The van der Waals surface area contributed by atoms with Crippen molar-refractivity contribution in [3.05, 3.63) is 0 Å². The molecule has 0 amide bonds. The van der Waals surface area contributed by atoms with Crippen LogP contribution in [0.3, 0.4) is 0 Å². The van der Waals surface area contributed by atoms with Gasteiger partial charge in [-0.25, -0.2) is 0 Å². The third kappa shape index (κ3) is 5.72. The van der Waals surface area contributed by atoms with E-state index < -0.39 is 12.5 Å². The molecule has 56 valence electrons. The van der Waals surface area contributed by atoms with E-state index in [0.717, 1.165) is 0 Å². The summed E-state index contributed by atoms with van der Waals surface area (Å²) in [4.78, 5) is 0. The third-order valence-electron chi connectivity index (χ3n) is 0.874. The first kappa shape index (κ1) is 8.84. The molecule has 0 aliphatic rings. The number of hydrogen-bond donors (Lipinski definition) is 4. The van der Waals surface area contributed by atoms with Crippen LogP contribution in [0.4, 0.5) is 0 Å². The summed E-state index contributed by atoms with van der Waals surface area (Å²) in [5.41, 5.74) is 5.12. The molecule has 2 atom stereocenters. The molecule has 0 fully saturated rings. The summed E-state index contributed by atoms with van der Waals surface area (Å²) in [7, 11) is 0. The fourth-order valence-electron chi connectivity index (χ4n) is 0.520. The van der Waals surface area contributed by atoms with Crippen molar-refractivity contribution in [2.75, 3.05) is 6.54 Å². The van der Waals surface area contributed by atoms with Crippen LogP contribution in [0.25, 0.3) is 0 Å². The molecule has 0 aliphatic heterocycles. The van der Waals surface area contributed by atoms with Gasteiger partial charge in [-0.2, -0.15) is 0 Å². The minimum Gasteiger partial charge on any atom is -0.379 e. The molecule has 9 heavy (non-hydrogen) atoms. The number of nitrogens with one attached hydrogen (secondary N) is 1. The second kappa shape index (κ2) is 4.69. The van der Waals surface area contributed by atoms with Gasteiger partial charge in [0.15, 0.2) is 0 Å². The Labute approximate surface area is 54.7 Å². The molecule has 0 aromatic carbocycles. The highest BCUT2D eigenvalue weighted by Gasteiger charge is 2.02. The topological polar surface area (TPSA) is 78.5 Å². The Bertz CT molecular complexity index is 68.0. The minimum absolute atomic E-state index is 0.418. The molecule has 5 N–H and O–H groups in total. The molecule has 0 aliphatic carbocycles. The zero-order valence-corrected chi connectivity index (χ0v) is 5.54. The standard InChI is InChI=1S/C5H14N2O2/c1-4(8)7-5(9)2-3-6/h4-5,7-9H,2-3,6H2,1H3. The smallest absolute Gasteiger partial charge is 0.108 e. The SMILES string of the molecule is CC(O)NC(O)CCN. The van der Waals surface area contributed by atoms with Gasteiger partial charge >= 0.3 is 0 Å². The minimum atomic E-state index is -0.685. The quantitative estimate of drug-likeness (QED) is 0.356. The normalized spacial score (nSPS) is 17.3.